The lowest BCUT2D eigenvalue weighted by Crippen LogP contribution is -2.43. The van der Waals surface area contributed by atoms with Gasteiger partial charge >= 0.3 is 5.97 Å². The van der Waals surface area contributed by atoms with Crippen molar-refractivity contribution in [2.24, 2.45) is 0 Å². The molecule has 7 nitrogen and oxygen atoms in total. The molecule has 2 heterocycles. The number of aromatic carboxylic acids is 1. The Bertz CT molecular complexity index is 1510. The molecular weight excluding hydrogens is 502 g/mol. The summed E-state index contributed by atoms with van der Waals surface area (Å²) in [5, 5.41) is 9.50. The van der Waals surface area contributed by atoms with Crippen LogP contribution in [0, 0.1) is 0 Å². The zero-order chi connectivity index (χ0) is 27.6. The number of carbonyl (C=O) groups is 2. The van der Waals surface area contributed by atoms with Gasteiger partial charge in [0.05, 0.1) is 22.6 Å². The number of hydrogen-bond acceptors (Lipinski definition) is 4. The van der Waals surface area contributed by atoms with Crippen molar-refractivity contribution in [3.8, 4) is 17.1 Å². The maximum Gasteiger partial charge on any atom is 0.335 e. The van der Waals surface area contributed by atoms with Crippen LogP contribution in [0.1, 0.15) is 78.6 Å². The molecule has 206 valence electrons. The Morgan fingerprint density at radius 3 is 2.38 bits per heavy atom. The number of imidazole rings is 1. The van der Waals surface area contributed by atoms with Crippen molar-refractivity contribution in [2.75, 3.05) is 6.54 Å². The zero-order valence-electron chi connectivity index (χ0n) is 22.8. The molecule has 7 heteroatoms. The zero-order valence-corrected chi connectivity index (χ0v) is 22.8. The Labute approximate surface area is 234 Å². The minimum atomic E-state index is -0.947. The lowest BCUT2D eigenvalue weighted by Gasteiger charge is -2.30. The van der Waals surface area contributed by atoms with Gasteiger partial charge in [0.15, 0.2) is 0 Å². The Morgan fingerprint density at radius 2 is 1.65 bits per heavy atom. The first kappa shape index (κ1) is 26.1. The monoisotopic (exact) mass is 537 g/mol. The summed E-state index contributed by atoms with van der Waals surface area (Å²) in [4.78, 5) is 31.6. The van der Waals surface area contributed by atoms with E-state index in [0.29, 0.717) is 17.1 Å². The molecule has 2 fully saturated rings. The van der Waals surface area contributed by atoms with E-state index in [1.807, 2.05) is 72.5 Å². The summed E-state index contributed by atoms with van der Waals surface area (Å²) >= 11 is 0. The van der Waals surface area contributed by atoms with E-state index in [4.69, 9.17) is 9.72 Å². The smallest absolute Gasteiger partial charge is 0.335 e. The molecule has 0 spiro atoms. The highest BCUT2D eigenvalue weighted by atomic mass is 16.5. The van der Waals surface area contributed by atoms with Gasteiger partial charge in [0, 0.05) is 23.7 Å². The predicted molar refractivity (Wildman–Crippen MR) is 155 cm³/mol. The van der Waals surface area contributed by atoms with Crippen LogP contribution >= 0.6 is 0 Å². The summed E-state index contributed by atoms with van der Waals surface area (Å²) in [6.07, 6.45) is 7.55. The van der Waals surface area contributed by atoms with Crippen molar-refractivity contribution in [3.05, 3.63) is 83.9 Å². The van der Waals surface area contributed by atoms with Gasteiger partial charge in [-0.15, -0.1) is 0 Å². The number of likely N-dealkylation sites (tertiary alicyclic amines) is 1. The fourth-order valence-electron chi connectivity index (χ4n) is 6.40. The van der Waals surface area contributed by atoms with Gasteiger partial charge in [0.25, 0.3) is 5.91 Å². The molecule has 0 bridgehead atoms. The predicted octanol–water partition coefficient (Wildman–Crippen LogP) is 6.98. The fourth-order valence-corrected chi connectivity index (χ4v) is 6.40. The third-order valence-corrected chi connectivity index (χ3v) is 8.43. The Hall–Kier alpha value is -4.13. The largest absolute Gasteiger partial charge is 0.489 e. The van der Waals surface area contributed by atoms with Crippen molar-refractivity contribution < 1.29 is 19.4 Å². The van der Waals surface area contributed by atoms with Gasteiger partial charge in [0.1, 0.15) is 17.7 Å². The number of carbonyl (C=O) groups excluding carboxylic acids is 1. The number of carboxylic acid groups (broad SMARTS) is 1. The maximum atomic E-state index is 13.1. The van der Waals surface area contributed by atoms with Crippen molar-refractivity contribution in [3.63, 3.8) is 0 Å². The molecule has 1 saturated heterocycles. The average molecular weight is 538 g/mol. The number of hydrogen-bond donors (Lipinski definition) is 1. The van der Waals surface area contributed by atoms with Crippen molar-refractivity contribution in [1.29, 1.82) is 0 Å². The van der Waals surface area contributed by atoms with Gasteiger partial charge in [-0.2, -0.15) is 0 Å². The number of fused-ring (bicyclic) bond motifs is 1. The minimum Gasteiger partial charge on any atom is -0.489 e. The van der Waals surface area contributed by atoms with Crippen molar-refractivity contribution >= 4 is 22.9 Å². The molecule has 1 aliphatic carbocycles. The van der Waals surface area contributed by atoms with Crippen LogP contribution in [0.2, 0.25) is 0 Å². The Balaban J connectivity index is 1.24. The third-order valence-electron chi connectivity index (χ3n) is 8.43. The van der Waals surface area contributed by atoms with Gasteiger partial charge in [-0.1, -0.05) is 37.5 Å². The molecular formula is C33H35N3O4. The van der Waals surface area contributed by atoms with Crippen LogP contribution in [0.25, 0.3) is 22.4 Å². The van der Waals surface area contributed by atoms with E-state index in [1.165, 1.54) is 19.3 Å². The van der Waals surface area contributed by atoms with E-state index in [0.717, 1.165) is 54.9 Å². The van der Waals surface area contributed by atoms with Crippen LogP contribution in [0.15, 0.2) is 72.8 Å². The van der Waals surface area contributed by atoms with Crippen molar-refractivity contribution in [2.45, 2.75) is 70.1 Å². The van der Waals surface area contributed by atoms with E-state index < -0.39 is 5.97 Å². The van der Waals surface area contributed by atoms with Gasteiger partial charge in [-0.3, -0.25) is 4.79 Å². The SMILES string of the molecule is CC(Oc1ccc(-c2nc3cc(C(=O)O)ccc3n2C2CCCCC2)cc1)[C@@H]1CCCN1C(=O)c1ccccc1. The summed E-state index contributed by atoms with van der Waals surface area (Å²) in [6, 6.07) is 23.0. The summed E-state index contributed by atoms with van der Waals surface area (Å²) < 4.78 is 8.68. The van der Waals surface area contributed by atoms with Crippen molar-refractivity contribution in [1.82, 2.24) is 14.5 Å². The standard InChI is InChI=1S/C33H35N3O4/c1-22(29-13-8-20-35(29)32(37)24-9-4-2-5-10-24)40-27-17-14-23(15-18-27)31-34-28-21-25(33(38)39)16-19-30(28)36(31)26-11-6-3-7-12-26/h2,4-5,9-10,14-19,21-22,26,29H,3,6-8,11-13,20H2,1H3,(H,38,39)/t22?,29-/m0/s1. The van der Waals surface area contributed by atoms with Gasteiger partial charge in [0.2, 0.25) is 0 Å². The van der Waals surface area contributed by atoms with E-state index in [-0.39, 0.29) is 23.6 Å². The Kier molecular flexibility index (Phi) is 7.29. The highest BCUT2D eigenvalue weighted by Gasteiger charge is 2.34. The molecule has 3 aromatic carbocycles. The van der Waals surface area contributed by atoms with Gasteiger partial charge < -0.3 is 19.3 Å². The quantitative estimate of drug-likeness (QED) is 0.275. The molecule has 1 amide bonds. The van der Waals surface area contributed by atoms with Crippen LogP contribution < -0.4 is 4.74 Å². The van der Waals surface area contributed by atoms with Crippen LogP contribution in [0.3, 0.4) is 0 Å². The first-order valence-corrected chi connectivity index (χ1v) is 14.4. The molecule has 1 unspecified atom stereocenters. The topological polar surface area (TPSA) is 84.7 Å². The number of nitrogens with zero attached hydrogens (tertiary/aromatic N) is 3. The second-order valence-corrected chi connectivity index (χ2v) is 11.0. The number of ether oxygens (including phenoxy) is 1. The first-order valence-electron chi connectivity index (χ1n) is 14.4. The second kappa shape index (κ2) is 11.2. The molecule has 1 saturated carbocycles. The summed E-state index contributed by atoms with van der Waals surface area (Å²) in [7, 11) is 0. The molecule has 2 atom stereocenters. The molecule has 4 aromatic rings. The molecule has 1 aromatic heterocycles. The maximum absolute atomic E-state index is 13.1. The second-order valence-electron chi connectivity index (χ2n) is 11.0. The fraction of sp³-hybridized carbons (Fsp3) is 0.364. The molecule has 6 rings (SSSR count). The van der Waals surface area contributed by atoms with Crippen LogP contribution in [0.4, 0.5) is 0 Å². The number of carboxylic acids is 1. The third kappa shape index (κ3) is 5.08. The number of amides is 1. The van der Waals surface area contributed by atoms with E-state index >= 15 is 0 Å². The molecule has 1 N–H and O–H groups in total. The normalized spacial score (nSPS) is 18.6. The minimum absolute atomic E-state index is 0.0197. The van der Waals surface area contributed by atoms with E-state index in [9.17, 15) is 14.7 Å². The first-order chi connectivity index (χ1) is 19.5. The molecule has 1 aliphatic heterocycles. The highest BCUT2D eigenvalue weighted by Crippen LogP contribution is 2.37. The van der Waals surface area contributed by atoms with Crippen LogP contribution in [-0.2, 0) is 0 Å². The summed E-state index contributed by atoms with van der Waals surface area (Å²) in [5.41, 5.74) is 3.61. The average Bonchev–Trinajstić information content (AvgIpc) is 3.63. The summed E-state index contributed by atoms with van der Waals surface area (Å²) in [6.45, 7) is 2.78. The Morgan fingerprint density at radius 1 is 0.900 bits per heavy atom. The highest BCUT2D eigenvalue weighted by molar-refractivity contribution is 5.95. The van der Waals surface area contributed by atoms with Crippen LogP contribution in [-0.4, -0.2) is 50.1 Å². The van der Waals surface area contributed by atoms with E-state index in [1.54, 1.807) is 12.1 Å². The number of rotatable bonds is 7. The van der Waals surface area contributed by atoms with Gasteiger partial charge in [-0.25, -0.2) is 9.78 Å². The summed E-state index contributed by atoms with van der Waals surface area (Å²) in [5.74, 6) is 0.724. The van der Waals surface area contributed by atoms with Gasteiger partial charge in [-0.05, 0) is 87.2 Å². The number of benzene rings is 3. The number of aromatic nitrogens is 2. The molecule has 0 radical (unpaired) electrons. The lowest BCUT2D eigenvalue weighted by atomic mass is 9.95. The lowest BCUT2D eigenvalue weighted by molar-refractivity contribution is 0.0589. The molecule has 2 aliphatic rings. The van der Waals surface area contributed by atoms with E-state index in [2.05, 4.69) is 4.57 Å². The molecule has 40 heavy (non-hydrogen) atoms. The van der Waals surface area contributed by atoms with Crippen LogP contribution in [0.5, 0.6) is 5.75 Å².